The van der Waals surface area contributed by atoms with Crippen LogP contribution in [-0.2, 0) is 38.2 Å². The number of hydrogen-bond acceptors (Lipinski definition) is 12. The largest absolute Gasteiger partial charge is 0.481 e. The first-order valence-corrected chi connectivity index (χ1v) is 25.9. The van der Waals surface area contributed by atoms with Crippen molar-refractivity contribution in [1.82, 2.24) is 31.9 Å². The van der Waals surface area contributed by atoms with E-state index < -0.39 is 72.7 Å². The van der Waals surface area contributed by atoms with Crippen molar-refractivity contribution in [3.05, 3.63) is 0 Å². The number of urea groups is 3. The fraction of sp³-hybridized carbons (Fsp3) is 0.837. The van der Waals surface area contributed by atoms with Crippen LogP contribution < -0.4 is 31.9 Å². The van der Waals surface area contributed by atoms with E-state index in [0.717, 1.165) is 38.5 Å². The lowest BCUT2D eigenvalue weighted by Crippen LogP contribution is -2.48. The average molecular weight is 989 g/mol. The molecule has 6 amide bonds. The first-order chi connectivity index (χ1) is 33.2. The summed E-state index contributed by atoms with van der Waals surface area (Å²) < 4.78 is 15.3. The summed E-state index contributed by atoms with van der Waals surface area (Å²) >= 11 is 0. The van der Waals surface area contributed by atoms with Crippen LogP contribution in [0, 0.1) is 0 Å². The normalized spacial score (nSPS) is 11.9. The molecule has 0 spiro atoms. The molecule has 0 saturated carbocycles. The minimum absolute atomic E-state index is 0.0818. The second kappa shape index (κ2) is 48.2. The molecule has 0 aliphatic rings. The molecule has 20 heteroatoms. The Hall–Kier alpha value is -4.88. The highest BCUT2D eigenvalue weighted by molar-refractivity contribution is 5.85. The third-order valence-corrected chi connectivity index (χ3v) is 10.8. The average Bonchev–Trinajstić information content (AvgIpc) is 3.31. The lowest BCUT2D eigenvalue weighted by Gasteiger charge is -2.18. The predicted molar refractivity (Wildman–Crippen MR) is 264 cm³/mol. The highest BCUT2D eigenvalue weighted by Crippen LogP contribution is 2.12. The van der Waals surface area contributed by atoms with Gasteiger partial charge in [0, 0.05) is 32.5 Å². The van der Waals surface area contributed by atoms with Crippen molar-refractivity contribution in [1.29, 1.82) is 0 Å². The molecule has 402 valence electrons. The molecule has 0 saturated heterocycles. The van der Waals surface area contributed by atoms with Crippen molar-refractivity contribution >= 4 is 47.9 Å². The Morgan fingerprint density at radius 1 is 0.406 bits per heavy atom. The molecule has 0 radical (unpaired) electrons. The van der Waals surface area contributed by atoms with Crippen molar-refractivity contribution < 1.29 is 67.9 Å². The van der Waals surface area contributed by atoms with Gasteiger partial charge in [-0.2, -0.15) is 0 Å². The van der Waals surface area contributed by atoms with E-state index in [1.165, 1.54) is 77.0 Å². The number of aliphatic hydroxyl groups is 1. The molecule has 0 unspecified atom stereocenters. The van der Waals surface area contributed by atoms with Crippen molar-refractivity contribution in [2.45, 2.75) is 219 Å². The molecule has 9 N–H and O–H groups in total. The number of nitrogens with one attached hydrogen (secondary N) is 6. The van der Waals surface area contributed by atoms with E-state index in [1.807, 2.05) is 0 Å². The molecule has 69 heavy (non-hydrogen) atoms. The molecule has 0 rings (SSSR count). The van der Waals surface area contributed by atoms with Crippen LogP contribution in [0.3, 0.4) is 0 Å². The second-order valence-corrected chi connectivity index (χ2v) is 17.0. The number of aliphatic hydroxyl groups excluding tert-OH is 1. The molecule has 0 aromatic carbocycles. The van der Waals surface area contributed by atoms with Gasteiger partial charge < -0.3 is 61.4 Å². The van der Waals surface area contributed by atoms with Crippen LogP contribution >= 0.6 is 0 Å². The Labute approximate surface area is 412 Å². The molecule has 0 aromatic rings. The summed E-state index contributed by atoms with van der Waals surface area (Å²) in [5, 5.41) is 42.1. The number of aliphatic carboxylic acids is 2. The lowest BCUT2D eigenvalue weighted by molar-refractivity contribution is -0.148. The molecule has 0 heterocycles. The van der Waals surface area contributed by atoms with E-state index in [4.69, 9.17) is 24.8 Å². The number of hydrogen-bond donors (Lipinski definition) is 9. The smallest absolute Gasteiger partial charge is 0.331 e. The van der Waals surface area contributed by atoms with E-state index in [0.29, 0.717) is 51.7 Å². The number of rotatable bonds is 43. The van der Waals surface area contributed by atoms with Gasteiger partial charge in [-0.15, -0.1) is 0 Å². The van der Waals surface area contributed by atoms with Gasteiger partial charge in [-0.05, 0) is 58.8 Å². The van der Waals surface area contributed by atoms with Gasteiger partial charge in [0.2, 0.25) is 0 Å². The summed E-state index contributed by atoms with van der Waals surface area (Å²) in [4.78, 5) is 94.4. The number of carbonyl (C=O) groups is 8. The van der Waals surface area contributed by atoms with Crippen molar-refractivity contribution in [2.75, 3.05) is 46.1 Å². The fourth-order valence-corrected chi connectivity index (χ4v) is 6.80. The summed E-state index contributed by atoms with van der Waals surface area (Å²) in [6, 6.07) is -4.84. The standard InChI is InChI=1S/C41H76N4O10.C8H16N2O4/c1-3-5-7-9-11-13-15-17-19-24-32-54-38(50)34(26-28-36(46)47)44-40(52)42-30-22-21-23-31-43-41(53)45-35(27-29-37(48)49)39(51)55-33-25-20-18-16-14-12-10-8-6-4-2;1-3-9-8(13)10-6(5-11)7(12)14-4-2/h34-35H,3-33H2,1-2H3,(H,46,47)(H,48,49)(H2,42,44,52)(H2,43,45,53);6,11H,3-5H2,1-2H3,(H2,9,10,13)/t34-,35-;6-/m00/s1. The maximum absolute atomic E-state index is 12.6. The zero-order valence-corrected chi connectivity index (χ0v) is 42.6. The number of carboxylic acids is 2. The van der Waals surface area contributed by atoms with Crippen LogP contribution in [0.4, 0.5) is 14.4 Å². The molecule has 0 aliphatic heterocycles. The minimum atomic E-state index is -1.08. The van der Waals surface area contributed by atoms with E-state index in [9.17, 15) is 38.4 Å². The first kappa shape index (κ1) is 66.2. The van der Waals surface area contributed by atoms with E-state index >= 15 is 0 Å². The quantitative estimate of drug-likeness (QED) is 0.0164. The molecular weight excluding hydrogens is 897 g/mol. The number of esters is 3. The van der Waals surface area contributed by atoms with Gasteiger partial charge in [-0.1, -0.05) is 129 Å². The minimum Gasteiger partial charge on any atom is -0.481 e. The van der Waals surface area contributed by atoms with Gasteiger partial charge in [0.1, 0.15) is 12.1 Å². The van der Waals surface area contributed by atoms with Crippen molar-refractivity contribution in [3.63, 3.8) is 0 Å². The second-order valence-electron chi connectivity index (χ2n) is 17.0. The topological polar surface area (TPSA) is 297 Å². The fourth-order valence-electron chi connectivity index (χ4n) is 6.80. The van der Waals surface area contributed by atoms with Crippen LogP contribution in [-0.4, -0.2) is 127 Å². The number of ether oxygens (including phenoxy) is 3. The summed E-state index contributed by atoms with van der Waals surface area (Å²) in [7, 11) is 0. The number of carboxylic acid groups (broad SMARTS) is 2. The third kappa shape index (κ3) is 44.1. The summed E-state index contributed by atoms with van der Waals surface area (Å²) in [5.41, 5.74) is 0. The molecule has 3 atom stereocenters. The number of amides is 6. The van der Waals surface area contributed by atoms with Crippen molar-refractivity contribution in [2.24, 2.45) is 0 Å². The molecule has 0 aromatic heterocycles. The SMILES string of the molecule is CCCCCCCCCCCCOC(=O)[C@H](CCC(=O)O)NC(=O)NCCCCCNC(=O)N[C@@H](CCC(=O)O)C(=O)OCCCCCCCCCCCC.CCNC(=O)N[C@@H](CO)C(=O)OCC. The zero-order valence-electron chi connectivity index (χ0n) is 42.6. The van der Waals surface area contributed by atoms with Crippen LogP contribution in [0.15, 0.2) is 0 Å². The van der Waals surface area contributed by atoms with Crippen LogP contribution in [0.1, 0.15) is 201 Å². The van der Waals surface area contributed by atoms with E-state index in [1.54, 1.807) is 13.8 Å². The van der Waals surface area contributed by atoms with Crippen molar-refractivity contribution in [3.8, 4) is 0 Å². The maximum atomic E-state index is 12.6. The Morgan fingerprint density at radius 2 is 0.725 bits per heavy atom. The Kier molecular flexibility index (Phi) is 46.2. The molecule has 20 nitrogen and oxygen atoms in total. The molecule has 0 bridgehead atoms. The van der Waals surface area contributed by atoms with Gasteiger partial charge in [-0.25, -0.2) is 28.8 Å². The Balaban J connectivity index is 0. The molecule has 0 fully saturated rings. The van der Waals surface area contributed by atoms with Gasteiger partial charge in [0.15, 0.2) is 6.04 Å². The number of carbonyl (C=O) groups excluding carboxylic acids is 6. The third-order valence-electron chi connectivity index (χ3n) is 10.8. The zero-order chi connectivity index (χ0) is 51.8. The Bertz CT molecular complexity index is 1300. The molecular formula is C49H92N6O14. The monoisotopic (exact) mass is 989 g/mol. The Morgan fingerprint density at radius 3 is 1.06 bits per heavy atom. The highest BCUT2D eigenvalue weighted by Gasteiger charge is 2.25. The predicted octanol–water partition coefficient (Wildman–Crippen LogP) is 7.38. The number of unbranched alkanes of at least 4 members (excludes halogenated alkanes) is 20. The van der Waals surface area contributed by atoms with Crippen LogP contribution in [0.2, 0.25) is 0 Å². The van der Waals surface area contributed by atoms with Gasteiger partial charge in [-0.3, -0.25) is 9.59 Å². The van der Waals surface area contributed by atoms with Crippen LogP contribution in [0.5, 0.6) is 0 Å². The summed E-state index contributed by atoms with van der Waals surface area (Å²) in [6.07, 6.45) is 24.0. The first-order valence-electron chi connectivity index (χ1n) is 25.9. The van der Waals surface area contributed by atoms with E-state index in [-0.39, 0.29) is 45.5 Å². The van der Waals surface area contributed by atoms with Crippen LogP contribution in [0.25, 0.3) is 0 Å². The maximum Gasteiger partial charge on any atom is 0.331 e. The van der Waals surface area contributed by atoms with Gasteiger partial charge in [0.25, 0.3) is 0 Å². The van der Waals surface area contributed by atoms with Gasteiger partial charge in [0.05, 0.1) is 26.4 Å². The summed E-state index contributed by atoms with van der Waals surface area (Å²) in [5.74, 6) is -4.09. The lowest BCUT2D eigenvalue weighted by atomic mass is 10.1. The highest BCUT2D eigenvalue weighted by atomic mass is 16.5. The summed E-state index contributed by atoms with van der Waals surface area (Å²) in [6.45, 7) is 9.03. The van der Waals surface area contributed by atoms with Gasteiger partial charge >= 0.3 is 47.9 Å². The molecule has 0 aliphatic carbocycles. The van der Waals surface area contributed by atoms with E-state index in [2.05, 4.69) is 50.5 Å².